The molecule has 1 aliphatic carbocycles. The van der Waals surface area contributed by atoms with Crippen LogP contribution in [0.4, 0.5) is 0 Å². The van der Waals surface area contributed by atoms with Gasteiger partial charge in [0.25, 0.3) is 0 Å². The van der Waals surface area contributed by atoms with E-state index >= 15 is 0 Å². The van der Waals surface area contributed by atoms with E-state index in [-0.39, 0.29) is 5.25 Å². The summed E-state index contributed by atoms with van der Waals surface area (Å²) in [7, 11) is 0. The number of Topliss-reactive ketones (excluding diaryl/α,β-unsaturated/α-hetero) is 1. The van der Waals surface area contributed by atoms with Gasteiger partial charge in [-0.15, -0.1) is 11.8 Å². The van der Waals surface area contributed by atoms with Crippen LogP contribution in [0.2, 0.25) is 0 Å². The highest BCUT2D eigenvalue weighted by atomic mass is 32.2. The van der Waals surface area contributed by atoms with Crippen LogP contribution in [-0.4, -0.2) is 16.3 Å². The molecule has 1 nitrogen and oxygen atoms in total. The minimum absolute atomic E-state index is 0.0748. The van der Waals surface area contributed by atoms with Crippen molar-refractivity contribution in [1.29, 1.82) is 0 Å². The molecular formula is C18H26OS. The summed E-state index contributed by atoms with van der Waals surface area (Å²) in [6.45, 7) is 8.50. The maximum atomic E-state index is 12.7. The van der Waals surface area contributed by atoms with E-state index in [2.05, 4.69) is 32.9 Å². The van der Waals surface area contributed by atoms with E-state index in [1.165, 1.54) is 31.2 Å². The highest BCUT2D eigenvalue weighted by molar-refractivity contribution is 8.01. The van der Waals surface area contributed by atoms with E-state index in [4.69, 9.17) is 0 Å². The molecule has 1 fully saturated rings. The summed E-state index contributed by atoms with van der Waals surface area (Å²) in [5, 5.41) is 0.744. The van der Waals surface area contributed by atoms with Gasteiger partial charge in [-0.25, -0.2) is 0 Å². The average Bonchev–Trinajstić information content (AvgIpc) is 2.40. The second-order valence-electron chi connectivity index (χ2n) is 6.35. The van der Waals surface area contributed by atoms with Crippen molar-refractivity contribution in [3.63, 3.8) is 0 Å². The fourth-order valence-electron chi connectivity index (χ4n) is 3.07. The lowest BCUT2D eigenvalue weighted by Gasteiger charge is -2.28. The zero-order chi connectivity index (χ0) is 14.7. The predicted molar refractivity (Wildman–Crippen MR) is 88.7 cm³/mol. The molecule has 1 saturated carbocycles. The first kappa shape index (κ1) is 15.6. The summed E-state index contributed by atoms with van der Waals surface area (Å²) in [5.74, 6) is 1.12. The van der Waals surface area contributed by atoms with E-state index in [9.17, 15) is 4.79 Å². The van der Waals surface area contributed by atoms with Gasteiger partial charge in [-0.2, -0.15) is 0 Å². The number of hydrogen-bond acceptors (Lipinski definition) is 2. The molecule has 1 aliphatic rings. The normalized spacial score (nSPS) is 24.4. The average molecular weight is 290 g/mol. The summed E-state index contributed by atoms with van der Waals surface area (Å²) in [5.41, 5.74) is 3.18. The fourth-order valence-corrected chi connectivity index (χ4v) is 4.64. The standard InChI is InChI=1S/C18H26OS/c1-12-6-5-7-16(10-12)20-15(4)18(19)17-11-13(2)8-9-14(17)3/h8-9,11-12,15-16H,5-7,10H2,1-4H3. The third-order valence-electron chi connectivity index (χ3n) is 4.31. The monoisotopic (exact) mass is 290 g/mol. The second kappa shape index (κ2) is 6.80. The van der Waals surface area contributed by atoms with Gasteiger partial charge in [-0.05, 0) is 51.2 Å². The molecule has 3 atom stereocenters. The number of rotatable bonds is 4. The molecule has 2 heteroatoms. The van der Waals surface area contributed by atoms with Gasteiger partial charge in [0.1, 0.15) is 0 Å². The van der Waals surface area contributed by atoms with Gasteiger partial charge in [0, 0.05) is 10.8 Å². The Labute approximate surface area is 127 Å². The Bertz CT molecular complexity index is 480. The molecule has 1 aromatic rings. The summed E-state index contributed by atoms with van der Waals surface area (Å²) >= 11 is 1.89. The van der Waals surface area contributed by atoms with Gasteiger partial charge in [0.2, 0.25) is 0 Å². The number of carbonyl (C=O) groups excluding carboxylic acids is 1. The predicted octanol–water partition coefficient (Wildman–Crippen LogP) is 5.19. The van der Waals surface area contributed by atoms with Crippen molar-refractivity contribution in [3.05, 3.63) is 34.9 Å². The second-order valence-corrected chi connectivity index (χ2v) is 8.00. The van der Waals surface area contributed by atoms with Crippen LogP contribution in [0.3, 0.4) is 0 Å². The molecule has 20 heavy (non-hydrogen) atoms. The third kappa shape index (κ3) is 3.88. The smallest absolute Gasteiger partial charge is 0.175 e. The molecule has 0 heterocycles. The molecule has 3 unspecified atom stereocenters. The van der Waals surface area contributed by atoms with Crippen molar-refractivity contribution in [2.45, 2.75) is 63.9 Å². The lowest BCUT2D eigenvalue weighted by molar-refractivity contribution is 0.0993. The Kier molecular flexibility index (Phi) is 5.31. The van der Waals surface area contributed by atoms with Crippen LogP contribution in [0.5, 0.6) is 0 Å². The molecule has 110 valence electrons. The summed E-state index contributed by atoms with van der Waals surface area (Å²) in [4.78, 5) is 12.7. The first-order valence-electron chi connectivity index (χ1n) is 7.74. The van der Waals surface area contributed by atoms with E-state index in [0.717, 1.165) is 17.0 Å². The highest BCUT2D eigenvalue weighted by Crippen LogP contribution is 2.35. The van der Waals surface area contributed by atoms with Crippen molar-refractivity contribution >= 4 is 17.5 Å². The van der Waals surface area contributed by atoms with Gasteiger partial charge in [0.05, 0.1) is 5.25 Å². The first-order valence-corrected chi connectivity index (χ1v) is 8.68. The minimum Gasteiger partial charge on any atom is -0.293 e. The highest BCUT2D eigenvalue weighted by Gasteiger charge is 2.25. The van der Waals surface area contributed by atoms with Crippen LogP contribution >= 0.6 is 11.8 Å². The molecule has 2 rings (SSSR count). The molecule has 0 aliphatic heterocycles. The number of carbonyl (C=O) groups is 1. The van der Waals surface area contributed by atoms with Crippen molar-refractivity contribution in [1.82, 2.24) is 0 Å². The fraction of sp³-hybridized carbons (Fsp3) is 0.611. The Balaban J connectivity index is 2.03. The molecule has 0 spiro atoms. The summed E-state index contributed by atoms with van der Waals surface area (Å²) in [6, 6.07) is 6.17. The molecule has 0 aromatic heterocycles. The zero-order valence-corrected chi connectivity index (χ0v) is 13.9. The minimum atomic E-state index is 0.0748. The Morgan fingerprint density at radius 1 is 1.30 bits per heavy atom. The maximum Gasteiger partial charge on any atom is 0.175 e. The van der Waals surface area contributed by atoms with Crippen LogP contribution in [0.1, 0.15) is 61.0 Å². The number of aryl methyl sites for hydroxylation is 2. The topological polar surface area (TPSA) is 17.1 Å². The SMILES string of the molecule is Cc1ccc(C)c(C(=O)C(C)SC2CCCC(C)C2)c1. The maximum absolute atomic E-state index is 12.7. The van der Waals surface area contributed by atoms with Crippen LogP contribution in [-0.2, 0) is 0 Å². The molecule has 0 N–H and O–H groups in total. The van der Waals surface area contributed by atoms with E-state index in [1.54, 1.807) is 0 Å². The van der Waals surface area contributed by atoms with Crippen molar-refractivity contribution < 1.29 is 4.79 Å². The number of ketones is 1. The van der Waals surface area contributed by atoms with Gasteiger partial charge in [0.15, 0.2) is 5.78 Å². The molecular weight excluding hydrogens is 264 g/mol. The van der Waals surface area contributed by atoms with E-state index < -0.39 is 0 Å². The van der Waals surface area contributed by atoms with Crippen molar-refractivity contribution in [3.8, 4) is 0 Å². The number of thioether (sulfide) groups is 1. The van der Waals surface area contributed by atoms with Gasteiger partial charge in [-0.3, -0.25) is 4.79 Å². The van der Waals surface area contributed by atoms with Crippen LogP contribution in [0.15, 0.2) is 18.2 Å². The van der Waals surface area contributed by atoms with E-state index in [1.807, 2.05) is 24.8 Å². The largest absolute Gasteiger partial charge is 0.293 e. The summed E-state index contributed by atoms with van der Waals surface area (Å²) < 4.78 is 0. The zero-order valence-electron chi connectivity index (χ0n) is 13.1. The molecule has 1 aromatic carbocycles. The van der Waals surface area contributed by atoms with E-state index in [0.29, 0.717) is 11.0 Å². The molecule has 0 radical (unpaired) electrons. The lowest BCUT2D eigenvalue weighted by Crippen LogP contribution is -2.22. The third-order valence-corrected chi connectivity index (χ3v) is 5.75. The number of benzene rings is 1. The van der Waals surface area contributed by atoms with Crippen LogP contribution < -0.4 is 0 Å². The molecule has 0 amide bonds. The Hall–Kier alpha value is -0.760. The van der Waals surface area contributed by atoms with Gasteiger partial charge < -0.3 is 0 Å². The van der Waals surface area contributed by atoms with Crippen molar-refractivity contribution in [2.24, 2.45) is 5.92 Å². The van der Waals surface area contributed by atoms with Gasteiger partial charge in [-0.1, -0.05) is 37.5 Å². The quantitative estimate of drug-likeness (QED) is 0.710. The summed E-state index contributed by atoms with van der Waals surface area (Å²) in [6.07, 6.45) is 5.23. The first-order chi connectivity index (χ1) is 9.47. The lowest BCUT2D eigenvalue weighted by atomic mass is 9.90. The molecule has 0 bridgehead atoms. The van der Waals surface area contributed by atoms with Crippen LogP contribution in [0.25, 0.3) is 0 Å². The van der Waals surface area contributed by atoms with Gasteiger partial charge >= 0.3 is 0 Å². The Morgan fingerprint density at radius 2 is 2.05 bits per heavy atom. The molecule has 0 saturated heterocycles. The van der Waals surface area contributed by atoms with Crippen molar-refractivity contribution in [2.75, 3.05) is 0 Å². The van der Waals surface area contributed by atoms with Crippen LogP contribution in [0, 0.1) is 19.8 Å². The Morgan fingerprint density at radius 3 is 2.75 bits per heavy atom. The number of hydrogen-bond donors (Lipinski definition) is 0.